The Balaban J connectivity index is 1.59. The number of amides is 2. The van der Waals surface area contributed by atoms with E-state index in [1.54, 1.807) is 24.3 Å². The van der Waals surface area contributed by atoms with E-state index in [1.165, 1.54) is 19.2 Å². The molecule has 7 N–H and O–H groups in total. The molecule has 2 heterocycles. The molecule has 0 unspecified atom stereocenters. The van der Waals surface area contributed by atoms with Crippen molar-refractivity contribution in [2.75, 3.05) is 25.5 Å². The Kier molecular flexibility index (Phi) is 9.24. The molecule has 2 amide bonds. The van der Waals surface area contributed by atoms with E-state index in [0.717, 1.165) is 11.3 Å². The molecule has 0 aliphatic carbocycles. The van der Waals surface area contributed by atoms with Crippen molar-refractivity contribution < 1.29 is 46.3 Å². The van der Waals surface area contributed by atoms with Crippen LogP contribution in [0.4, 0.5) is 5.13 Å². The lowest BCUT2D eigenvalue weighted by Gasteiger charge is -2.50. The van der Waals surface area contributed by atoms with Gasteiger partial charge in [0, 0.05) is 10.9 Å². The number of nitrogens with zero attached hydrogens (tertiary/aromatic N) is 3. The Morgan fingerprint density at radius 1 is 1.27 bits per heavy atom. The van der Waals surface area contributed by atoms with E-state index in [0.29, 0.717) is 16.4 Å². The number of carboxylic acids is 1. The summed E-state index contributed by atoms with van der Waals surface area (Å²) in [4.78, 5) is 45.1. The second-order valence-electron chi connectivity index (χ2n) is 8.53. The van der Waals surface area contributed by atoms with Crippen molar-refractivity contribution in [2.45, 2.75) is 25.4 Å². The highest BCUT2D eigenvalue weighted by molar-refractivity contribution is 7.80. The van der Waals surface area contributed by atoms with Crippen LogP contribution < -0.4 is 21.1 Å². The van der Waals surface area contributed by atoms with E-state index in [1.807, 2.05) is 0 Å². The van der Waals surface area contributed by atoms with E-state index in [4.69, 9.17) is 30.4 Å². The number of thiazole rings is 1. The van der Waals surface area contributed by atoms with Gasteiger partial charge in [0.15, 0.2) is 17.5 Å². The van der Waals surface area contributed by atoms with Crippen molar-refractivity contribution in [1.29, 1.82) is 5.41 Å². The van der Waals surface area contributed by atoms with Gasteiger partial charge in [-0.15, -0.1) is 15.6 Å². The topological polar surface area (TPSA) is 256 Å². The summed E-state index contributed by atoms with van der Waals surface area (Å²) in [6.45, 7) is 2.30. The second kappa shape index (κ2) is 12.2. The number of nitrogens with one attached hydrogen (secondary N) is 3. The summed E-state index contributed by atoms with van der Waals surface area (Å²) < 4.78 is 40.7. The maximum absolute atomic E-state index is 13.0. The largest absolute Gasteiger partial charge is 0.490 e. The fraction of sp³-hybridized carbons (Fsp3) is 0.333. The minimum atomic E-state index is -4.96. The third-order valence-corrected chi connectivity index (χ3v) is 6.27. The van der Waals surface area contributed by atoms with Crippen LogP contribution in [0.1, 0.15) is 25.1 Å². The SMILES string of the molecule is CC1(C)[C@H](NC(=O)C(=NOCCOc2ccc(C(=N)NCC(=O)O)cc2)c2csc(N)n2)C(=O)N1OS(=O)(=O)O. The second-order valence-corrected chi connectivity index (χ2v) is 10.4. The van der Waals surface area contributed by atoms with E-state index < -0.39 is 46.3 Å². The van der Waals surface area contributed by atoms with Crippen LogP contribution in [0, 0.1) is 5.41 Å². The Morgan fingerprint density at radius 3 is 2.50 bits per heavy atom. The van der Waals surface area contributed by atoms with E-state index in [9.17, 15) is 22.8 Å². The first kappa shape index (κ1) is 30.2. The number of nitrogen functional groups attached to an aromatic ring is 1. The minimum absolute atomic E-state index is 0.00172. The standard InChI is InChI=1S/C21H25N7O10S2/c1-21(2)16(19(32)28(21)38-40(33,34)35)26-18(31)15(13-10-39-20(23)25-13)27-37-8-7-36-12-5-3-11(4-6-12)17(22)24-9-14(29)30/h3-6,10,16H,7-9H2,1-2H3,(H2,22,24)(H2,23,25)(H,26,31)(H,29,30)(H,33,34,35)/t16-/m1/s1. The van der Waals surface area contributed by atoms with Gasteiger partial charge in [0.2, 0.25) is 0 Å². The fourth-order valence-corrected chi connectivity index (χ4v) is 4.31. The number of hydroxylamine groups is 2. The van der Waals surface area contributed by atoms with Crippen LogP contribution in [-0.4, -0.2) is 88.8 Å². The number of oxime groups is 1. The number of β-lactam (4-membered cyclic amide) rings is 1. The number of hydrogen-bond acceptors (Lipinski definition) is 13. The van der Waals surface area contributed by atoms with Crippen molar-refractivity contribution in [3.05, 3.63) is 40.9 Å². The lowest BCUT2D eigenvalue weighted by atomic mass is 9.84. The van der Waals surface area contributed by atoms with Crippen LogP contribution in [0.15, 0.2) is 34.8 Å². The summed E-state index contributed by atoms with van der Waals surface area (Å²) in [5, 5.41) is 27.2. The smallest absolute Gasteiger partial charge is 0.418 e. The zero-order chi connectivity index (χ0) is 29.7. The number of anilines is 1. The Labute approximate surface area is 231 Å². The maximum atomic E-state index is 13.0. The molecule has 1 aliphatic rings. The maximum Gasteiger partial charge on any atom is 0.418 e. The van der Waals surface area contributed by atoms with Crippen LogP contribution in [0.25, 0.3) is 0 Å². The number of amidine groups is 1. The van der Waals surface area contributed by atoms with E-state index in [2.05, 4.69) is 25.1 Å². The summed E-state index contributed by atoms with van der Waals surface area (Å²) >= 11 is 1.03. The number of carboxylic acid groups (broad SMARTS) is 1. The fourth-order valence-electron chi connectivity index (χ4n) is 3.31. The number of rotatable bonds is 13. The third-order valence-electron chi connectivity index (χ3n) is 5.26. The van der Waals surface area contributed by atoms with Gasteiger partial charge in [-0.2, -0.15) is 13.5 Å². The van der Waals surface area contributed by atoms with Crippen LogP contribution in [0.5, 0.6) is 5.75 Å². The Morgan fingerprint density at radius 2 is 1.95 bits per heavy atom. The van der Waals surface area contributed by atoms with Gasteiger partial charge in [-0.1, -0.05) is 5.16 Å². The van der Waals surface area contributed by atoms with Gasteiger partial charge in [-0.05, 0) is 38.1 Å². The molecule has 3 rings (SSSR count). The summed E-state index contributed by atoms with van der Waals surface area (Å²) in [6.07, 6.45) is 0. The molecule has 1 atom stereocenters. The highest BCUT2D eigenvalue weighted by atomic mass is 32.3. The molecule has 19 heteroatoms. The average Bonchev–Trinajstić information content (AvgIpc) is 3.31. The number of carbonyl (C=O) groups is 3. The Bertz CT molecular complexity index is 1420. The first-order valence-corrected chi connectivity index (χ1v) is 13.4. The van der Waals surface area contributed by atoms with Crippen molar-refractivity contribution >= 4 is 56.2 Å². The molecular weight excluding hydrogens is 574 g/mol. The normalized spacial score (nSPS) is 16.6. The zero-order valence-corrected chi connectivity index (χ0v) is 22.6. The number of ether oxygens (including phenoxy) is 1. The van der Waals surface area contributed by atoms with Gasteiger partial charge in [0.1, 0.15) is 36.5 Å². The predicted octanol–water partition coefficient (Wildman–Crippen LogP) is -0.635. The third kappa shape index (κ3) is 7.62. The quantitative estimate of drug-likeness (QED) is 0.0419. The summed E-state index contributed by atoms with van der Waals surface area (Å²) in [5.41, 5.74) is 4.51. The lowest BCUT2D eigenvalue weighted by Crippen LogP contribution is -2.76. The molecule has 0 radical (unpaired) electrons. The molecule has 1 saturated heterocycles. The number of aromatic nitrogens is 1. The molecule has 40 heavy (non-hydrogen) atoms. The summed E-state index contributed by atoms with van der Waals surface area (Å²) in [7, 11) is -4.96. The molecule has 216 valence electrons. The molecule has 17 nitrogen and oxygen atoms in total. The molecule has 0 bridgehead atoms. The van der Waals surface area contributed by atoms with Crippen molar-refractivity contribution in [3.8, 4) is 5.75 Å². The van der Waals surface area contributed by atoms with Gasteiger partial charge in [0.25, 0.3) is 11.8 Å². The average molecular weight is 600 g/mol. The van der Waals surface area contributed by atoms with Crippen LogP contribution >= 0.6 is 11.3 Å². The number of nitrogens with two attached hydrogens (primary N) is 1. The minimum Gasteiger partial charge on any atom is -0.490 e. The van der Waals surface area contributed by atoms with Crippen LogP contribution in [-0.2, 0) is 33.9 Å². The van der Waals surface area contributed by atoms with Crippen LogP contribution in [0.2, 0.25) is 0 Å². The highest BCUT2D eigenvalue weighted by Crippen LogP contribution is 2.32. The summed E-state index contributed by atoms with van der Waals surface area (Å²) in [6, 6.07) is 5.03. The molecule has 0 saturated carbocycles. The van der Waals surface area contributed by atoms with Crippen molar-refractivity contribution in [2.24, 2.45) is 5.16 Å². The van der Waals surface area contributed by atoms with Crippen molar-refractivity contribution in [1.82, 2.24) is 20.7 Å². The number of benzene rings is 1. The van der Waals surface area contributed by atoms with E-state index >= 15 is 0 Å². The molecule has 1 aromatic carbocycles. The number of aliphatic carboxylic acids is 1. The molecule has 1 aliphatic heterocycles. The zero-order valence-electron chi connectivity index (χ0n) is 21.0. The molecular formula is C21H25N7O10S2. The molecule has 2 aromatic rings. The lowest BCUT2D eigenvalue weighted by molar-refractivity contribution is -0.218. The first-order chi connectivity index (χ1) is 18.7. The van der Waals surface area contributed by atoms with Crippen molar-refractivity contribution in [3.63, 3.8) is 0 Å². The van der Waals surface area contributed by atoms with E-state index in [-0.39, 0.29) is 35.6 Å². The van der Waals surface area contributed by atoms with Gasteiger partial charge >= 0.3 is 16.4 Å². The van der Waals surface area contributed by atoms with Gasteiger partial charge in [-0.25, -0.2) is 4.98 Å². The summed E-state index contributed by atoms with van der Waals surface area (Å²) in [5.74, 6) is -2.54. The molecule has 0 spiro atoms. The number of hydrogen-bond donors (Lipinski definition) is 6. The van der Waals surface area contributed by atoms with Gasteiger partial charge in [-0.3, -0.25) is 24.3 Å². The molecule has 1 aromatic heterocycles. The van der Waals surface area contributed by atoms with Crippen LogP contribution in [0.3, 0.4) is 0 Å². The molecule has 1 fully saturated rings. The monoisotopic (exact) mass is 599 g/mol. The first-order valence-electron chi connectivity index (χ1n) is 11.2. The van der Waals surface area contributed by atoms with Gasteiger partial charge < -0.3 is 31.0 Å². The van der Waals surface area contributed by atoms with Gasteiger partial charge in [0.05, 0.1) is 5.54 Å². The highest BCUT2D eigenvalue weighted by Gasteiger charge is 2.58. The number of carbonyl (C=O) groups excluding carboxylic acids is 2. The predicted molar refractivity (Wildman–Crippen MR) is 139 cm³/mol. The Hall–Kier alpha value is -4.33.